The molecule has 0 spiro atoms. The van der Waals surface area contributed by atoms with Gasteiger partial charge in [-0.15, -0.1) is 0 Å². The van der Waals surface area contributed by atoms with Crippen molar-refractivity contribution < 1.29 is 19.1 Å². The summed E-state index contributed by atoms with van der Waals surface area (Å²) in [7, 11) is 0. The van der Waals surface area contributed by atoms with E-state index in [1.165, 1.54) is 6.07 Å². The molecule has 0 fully saturated rings. The number of benzene rings is 2. The number of hydrogen-bond donors (Lipinski definition) is 2. The van der Waals surface area contributed by atoms with Gasteiger partial charge in [0.05, 0.1) is 12.2 Å². The minimum Gasteiger partial charge on any atom is -0.493 e. The van der Waals surface area contributed by atoms with E-state index in [9.17, 15) is 14.4 Å². The van der Waals surface area contributed by atoms with E-state index in [2.05, 4.69) is 15.6 Å². The molecule has 2 aromatic carbocycles. The Morgan fingerprint density at radius 2 is 1.82 bits per heavy atom. The maximum atomic E-state index is 13.3. The molecule has 0 bridgehead atoms. The highest BCUT2D eigenvalue weighted by atomic mass is 35.5. The molecule has 1 aliphatic heterocycles. The van der Waals surface area contributed by atoms with Crippen molar-refractivity contribution in [3.8, 4) is 5.75 Å². The average molecular weight is 549 g/mol. The zero-order valence-electron chi connectivity index (χ0n) is 22.0. The quantitative estimate of drug-likeness (QED) is 0.511. The number of amides is 3. The lowest BCUT2D eigenvalue weighted by Gasteiger charge is -2.24. The molecule has 8 nitrogen and oxygen atoms in total. The zero-order chi connectivity index (χ0) is 27.6. The van der Waals surface area contributed by atoms with Crippen molar-refractivity contribution in [2.75, 3.05) is 26.2 Å². The van der Waals surface area contributed by atoms with Crippen LogP contribution in [0.1, 0.15) is 51.4 Å². The summed E-state index contributed by atoms with van der Waals surface area (Å²) in [6.07, 6.45) is 2.28. The van der Waals surface area contributed by atoms with Gasteiger partial charge >= 0.3 is 0 Å². The molecule has 1 aliphatic rings. The van der Waals surface area contributed by atoms with Crippen LogP contribution in [0.15, 0.2) is 66.7 Å². The van der Waals surface area contributed by atoms with Crippen molar-refractivity contribution in [1.82, 2.24) is 20.5 Å². The summed E-state index contributed by atoms with van der Waals surface area (Å²) in [6.45, 7) is 3.57. The molecular weight excluding hydrogens is 516 g/mol. The molecule has 3 amide bonds. The first kappa shape index (κ1) is 28.1. The van der Waals surface area contributed by atoms with E-state index in [1.54, 1.807) is 23.1 Å². The molecule has 2 N–H and O–H groups in total. The van der Waals surface area contributed by atoms with E-state index in [4.69, 9.17) is 16.3 Å². The minimum atomic E-state index is -0.787. The smallest absolute Gasteiger partial charge is 0.272 e. The molecule has 0 saturated carbocycles. The van der Waals surface area contributed by atoms with E-state index in [0.29, 0.717) is 68.4 Å². The van der Waals surface area contributed by atoms with Crippen molar-refractivity contribution in [3.05, 3.63) is 94.3 Å². The molecule has 0 radical (unpaired) electrons. The number of ether oxygens (including phenoxy) is 1. The van der Waals surface area contributed by atoms with Gasteiger partial charge in [-0.1, -0.05) is 48.0 Å². The second-order valence-corrected chi connectivity index (χ2v) is 9.95. The third-order valence-corrected chi connectivity index (χ3v) is 6.70. The third-order valence-electron chi connectivity index (χ3n) is 6.47. The first-order chi connectivity index (χ1) is 18.9. The lowest BCUT2D eigenvalue weighted by Crippen LogP contribution is -2.48. The maximum Gasteiger partial charge on any atom is 0.272 e. The molecular formula is C30H33ClN4O4. The van der Waals surface area contributed by atoms with Gasteiger partial charge in [0.1, 0.15) is 17.5 Å². The Morgan fingerprint density at radius 3 is 2.62 bits per heavy atom. The standard InChI is InChI=1S/C30H33ClN4O4/c1-21-9-7-12-25(33-21)30(38)35-16-6-5-15-32-29(37)26(19-22-10-3-2-4-11-22)34-28(36)24-20-23(31)13-14-27(24)39-18-8-17-35/h2-4,7,9-14,20,26H,5-6,8,15-19H2,1H3,(H,32,37)(H,34,36)/t26-/m0/s1. The number of aromatic nitrogens is 1. The summed E-state index contributed by atoms with van der Waals surface area (Å²) in [5.74, 6) is -0.502. The van der Waals surface area contributed by atoms with Crippen LogP contribution in [0.4, 0.5) is 0 Å². The number of pyridine rings is 1. The van der Waals surface area contributed by atoms with Crippen molar-refractivity contribution in [2.24, 2.45) is 0 Å². The molecule has 9 heteroatoms. The van der Waals surface area contributed by atoms with Gasteiger partial charge in [-0.2, -0.15) is 0 Å². The molecule has 1 aromatic heterocycles. The van der Waals surface area contributed by atoms with Gasteiger partial charge in [-0.05, 0) is 62.1 Å². The van der Waals surface area contributed by atoms with Crippen LogP contribution < -0.4 is 15.4 Å². The minimum absolute atomic E-state index is 0.140. The van der Waals surface area contributed by atoms with E-state index in [-0.39, 0.29) is 17.4 Å². The number of fused-ring (bicyclic) bond motifs is 1. The molecule has 1 atom stereocenters. The fraction of sp³-hybridized carbons (Fsp3) is 0.333. The summed E-state index contributed by atoms with van der Waals surface area (Å²) in [4.78, 5) is 45.9. The van der Waals surface area contributed by atoms with Gasteiger partial charge in [0.2, 0.25) is 5.91 Å². The van der Waals surface area contributed by atoms with E-state index >= 15 is 0 Å². The van der Waals surface area contributed by atoms with Crippen LogP contribution in [-0.2, 0) is 11.2 Å². The fourth-order valence-electron chi connectivity index (χ4n) is 4.44. The number of carbonyl (C=O) groups excluding carboxylic acids is 3. The molecule has 2 heterocycles. The Balaban J connectivity index is 1.55. The monoisotopic (exact) mass is 548 g/mol. The SMILES string of the molecule is Cc1cccc(C(=O)N2CCCCNC(=O)[C@H](Cc3ccccc3)NC(=O)c3cc(Cl)ccc3OCCC2)n1. The number of rotatable bonds is 3. The van der Waals surface area contributed by atoms with Gasteiger partial charge in [-0.25, -0.2) is 4.98 Å². The number of aryl methyl sites for hydroxylation is 1. The van der Waals surface area contributed by atoms with Gasteiger partial charge in [0.25, 0.3) is 11.8 Å². The van der Waals surface area contributed by atoms with Crippen molar-refractivity contribution in [1.29, 1.82) is 0 Å². The number of hydrogen-bond acceptors (Lipinski definition) is 5. The second-order valence-electron chi connectivity index (χ2n) is 9.51. The van der Waals surface area contributed by atoms with Gasteiger partial charge < -0.3 is 20.3 Å². The summed E-state index contributed by atoms with van der Waals surface area (Å²) in [5.41, 5.74) is 2.35. The highest BCUT2D eigenvalue weighted by molar-refractivity contribution is 6.31. The van der Waals surface area contributed by atoms with Crippen LogP contribution in [0.3, 0.4) is 0 Å². The maximum absolute atomic E-state index is 13.3. The molecule has 0 saturated heterocycles. The summed E-state index contributed by atoms with van der Waals surface area (Å²) in [6, 6.07) is 19.0. The highest BCUT2D eigenvalue weighted by Crippen LogP contribution is 2.24. The molecule has 0 unspecified atom stereocenters. The predicted octanol–water partition coefficient (Wildman–Crippen LogP) is 4.21. The van der Waals surface area contributed by atoms with Gasteiger partial charge in [0, 0.05) is 36.8 Å². The predicted molar refractivity (Wildman–Crippen MR) is 150 cm³/mol. The van der Waals surface area contributed by atoms with Crippen molar-refractivity contribution in [2.45, 2.75) is 38.6 Å². The Labute approximate surface area is 233 Å². The highest BCUT2D eigenvalue weighted by Gasteiger charge is 2.24. The van der Waals surface area contributed by atoms with Crippen LogP contribution in [0.5, 0.6) is 5.75 Å². The number of nitrogens with one attached hydrogen (secondary N) is 2. The zero-order valence-corrected chi connectivity index (χ0v) is 22.7. The number of nitrogens with zero attached hydrogens (tertiary/aromatic N) is 2. The molecule has 204 valence electrons. The van der Waals surface area contributed by atoms with Crippen LogP contribution in [0.25, 0.3) is 0 Å². The van der Waals surface area contributed by atoms with Crippen LogP contribution in [0, 0.1) is 6.92 Å². The summed E-state index contributed by atoms with van der Waals surface area (Å²) < 4.78 is 5.97. The first-order valence-corrected chi connectivity index (χ1v) is 13.6. The molecule has 39 heavy (non-hydrogen) atoms. The molecule has 4 rings (SSSR count). The Kier molecular flexibility index (Phi) is 9.91. The van der Waals surface area contributed by atoms with E-state index in [0.717, 1.165) is 11.3 Å². The second kappa shape index (κ2) is 13.8. The van der Waals surface area contributed by atoms with E-state index in [1.807, 2.05) is 49.4 Å². The average Bonchev–Trinajstić information content (AvgIpc) is 2.93. The summed E-state index contributed by atoms with van der Waals surface area (Å²) in [5, 5.41) is 6.21. The molecule has 0 aliphatic carbocycles. The summed E-state index contributed by atoms with van der Waals surface area (Å²) >= 11 is 6.21. The Bertz CT molecular complexity index is 1300. The van der Waals surface area contributed by atoms with Crippen LogP contribution in [-0.4, -0.2) is 59.9 Å². The lowest BCUT2D eigenvalue weighted by atomic mass is 10.0. The normalized spacial score (nSPS) is 17.4. The lowest BCUT2D eigenvalue weighted by molar-refractivity contribution is -0.122. The Morgan fingerprint density at radius 1 is 1.03 bits per heavy atom. The number of halogens is 1. The van der Waals surface area contributed by atoms with Gasteiger partial charge in [0.15, 0.2) is 0 Å². The van der Waals surface area contributed by atoms with E-state index < -0.39 is 11.9 Å². The Hall–Kier alpha value is -3.91. The van der Waals surface area contributed by atoms with Crippen LogP contribution >= 0.6 is 11.6 Å². The number of carbonyl (C=O) groups is 3. The molecule has 3 aromatic rings. The van der Waals surface area contributed by atoms with Crippen molar-refractivity contribution >= 4 is 29.3 Å². The topological polar surface area (TPSA) is 101 Å². The first-order valence-electron chi connectivity index (χ1n) is 13.2. The van der Waals surface area contributed by atoms with Crippen LogP contribution in [0.2, 0.25) is 5.02 Å². The van der Waals surface area contributed by atoms with Gasteiger partial charge in [-0.3, -0.25) is 14.4 Å². The third kappa shape index (κ3) is 8.04. The fourth-order valence-corrected chi connectivity index (χ4v) is 4.61. The largest absolute Gasteiger partial charge is 0.493 e. The van der Waals surface area contributed by atoms with Crippen molar-refractivity contribution in [3.63, 3.8) is 0 Å².